The third kappa shape index (κ3) is 6.69. The first-order chi connectivity index (χ1) is 14.5. The normalized spacial score (nSPS) is 18.7. The van der Waals surface area contributed by atoms with Crippen molar-refractivity contribution in [1.82, 2.24) is 10.2 Å². The molecule has 7 heteroatoms. The molecule has 1 aliphatic heterocycles. The third-order valence-corrected chi connectivity index (χ3v) is 4.81. The number of nitrogens with one attached hydrogen (secondary N) is 1. The van der Waals surface area contributed by atoms with Gasteiger partial charge in [0.1, 0.15) is 0 Å². The molecule has 1 heterocycles. The van der Waals surface area contributed by atoms with Crippen molar-refractivity contribution in [2.45, 2.75) is 32.7 Å². The molecular weight excluding hydrogens is 374 g/mol. The number of hydrogen-bond donors (Lipinski definition) is 3. The van der Waals surface area contributed by atoms with E-state index in [1.165, 1.54) is 22.9 Å². The predicted octanol–water partition coefficient (Wildman–Crippen LogP) is 2.84. The van der Waals surface area contributed by atoms with Gasteiger partial charge in [0.15, 0.2) is 5.84 Å². The summed E-state index contributed by atoms with van der Waals surface area (Å²) in [6, 6.07) is 6.87. The zero-order chi connectivity index (χ0) is 21.9. The van der Waals surface area contributed by atoms with Crippen LogP contribution in [0.2, 0.25) is 0 Å². The highest BCUT2D eigenvalue weighted by atomic mass is 15.3. The monoisotopic (exact) mass is 405 g/mol. The van der Waals surface area contributed by atoms with Crippen molar-refractivity contribution >= 4 is 18.1 Å². The highest BCUT2D eigenvalue weighted by Crippen LogP contribution is 2.23. The number of hydrogen-bond acceptors (Lipinski definition) is 6. The molecule has 7 nitrogen and oxygen atoms in total. The Morgan fingerprint density at radius 1 is 1.47 bits per heavy atom. The Kier molecular flexibility index (Phi) is 9.01. The van der Waals surface area contributed by atoms with Crippen LogP contribution in [0.4, 0.5) is 0 Å². The number of allylic oxidation sites excluding steroid dienone is 1. The van der Waals surface area contributed by atoms with Crippen LogP contribution in [-0.2, 0) is 6.42 Å². The minimum Gasteiger partial charge on any atom is -0.404 e. The van der Waals surface area contributed by atoms with Gasteiger partial charge >= 0.3 is 0 Å². The van der Waals surface area contributed by atoms with Gasteiger partial charge < -0.3 is 11.5 Å². The highest BCUT2D eigenvalue weighted by Gasteiger charge is 2.23. The zero-order valence-corrected chi connectivity index (χ0v) is 17.8. The molecule has 1 aromatic carbocycles. The Morgan fingerprint density at radius 3 is 2.90 bits per heavy atom. The number of nitrogens with two attached hydrogens (primary N) is 2. The standard InChI is InChI=1S/C23H31N7/c1-4-6-20-10-21(8-7-19(20)5-2)22-14-30(16-29-22)13-18(11-24)12-27-23(28-15-25)9-17(3)26/h5,7-12,22,29H,2,4,6,13-14,16,24,26H2,1,3H3/b17-9+,18-11?,27-12?,28-23?. The molecule has 1 unspecified atom stereocenters. The van der Waals surface area contributed by atoms with Crippen LogP contribution < -0.4 is 16.8 Å². The fourth-order valence-electron chi connectivity index (χ4n) is 3.39. The van der Waals surface area contributed by atoms with Crippen molar-refractivity contribution < 1.29 is 0 Å². The van der Waals surface area contributed by atoms with Gasteiger partial charge in [0.05, 0.1) is 0 Å². The van der Waals surface area contributed by atoms with Gasteiger partial charge in [0, 0.05) is 43.8 Å². The Balaban J connectivity index is 2.04. The van der Waals surface area contributed by atoms with E-state index in [2.05, 4.69) is 51.9 Å². The van der Waals surface area contributed by atoms with E-state index in [1.54, 1.807) is 25.4 Å². The minimum absolute atomic E-state index is 0.250. The summed E-state index contributed by atoms with van der Waals surface area (Å²) < 4.78 is 0. The summed E-state index contributed by atoms with van der Waals surface area (Å²) in [5, 5.41) is 12.3. The lowest BCUT2D eigenvalue weighted by Crippen LogP contribution is -2.25. The number of rotatable bonds is 8. The topological polar surface area (TPSA) is 116 Å². The molecule has 1 aromatic rings. The lowest BCUT2D eigenvalue weighted by molar-refractivity contribution is 0.364. The molecular formula is C23H31N7. The van der Waals surface area contributed by atoms with Crippen molar-refractivity contribution in [3.8, 4) is 6.19 Å². The maximum absolute atomic E-state index is 8.78. The zero-order valence-electron chi connectivity index (χ0n) is 17.8. The van der Waals surface area contributed by atoms with E-state index in [0.717, 1.165) is 31.6 Å². The van der Waals surface area contributed by atoms with E-state index in [4.69, 9.17) is 16.7 Å². The minimum atomic E-state index is 0.250. The summed E-state index contributed by atoms with van der Waals surface area (Å²) in [7, 11) is 0. The van der Waals surface area contributed by atoms with Crippen LogP contribution in [0.3, 0.4) is 0 Å². The van der Waals surface area contributed by atoms with Gasteiger partial charge in [-0.2, -0.15) is 10.3 Å². The molecule has 5 N–H and O–H groups in total. The van der Waals surface area contributed by atoms with Crippen LogP contribution in [0.25, 0.3) is 6.08 Å². The van der Waals surface area contributed by atoms with Crippen LogP contribution in [0.5, 0.6) is 0 Å². The van der Waals surface area contributed by atoms with Crippen molar-refractivity contribution in [1.29, 1.82) is 5.26 Å². The lowest BCUT2D eigenvalue weighted by atomic mass is 9.97. The van der Waals surface area contributed by atoms with E-state index in [0.29, 0.717) is 12.2 Å². The highest BCUT2D eigenvalue weighted by molar-refractivity contribution is 6.01. The summed E-state index contributed by atoms with van der Waals surface area (Å²) >= 11 is 0. The van der Waals surface area contributed by atoms with Crippen molar-refractivity contribution in [3.63, 3.8) is 0 Å². The maximum Gasteiger partial charge on any atom is 0.207 e. The lowest BCUT2D eigenvalue weighted by Gasteiger charge is -2.16. The molecule has 0 saturated carbocycles. The van der Waals surface area contributed by atoms with Crippen LogP contribution in [0.1, 0.15) is 43.0 Å². The summed E-state index contributed by atoms with van der Waals surface area (Å²) in [4.78, 5) is 10.2. The number of nitriles is 1. The molecule has 1 saturated heterocycles. The van der Waals surface area contributed by atoms with Gasteiger partial charge in [-0.1, -0.05) is 44.2 Å². The number of aryl methyl sites for hydroxylation is 1. The predicted molar refractivity (Wildman–Crippen MR) is 125 cm³/mol. The van der Waals surface area contributed by atoms with E-state index in [1.807, 2.05) is 6.08 Å². The first-order valence-electron chi connectivity index (χ1n) is 10.1. The summed E-state index contributed by atoms with van der Waals surface area (Å²) in [5.74, 6) is 0.250. The molecule has 2 rings (SSSR count). The second kappa shape index (κ2) is 11.7. The van der Waals surface area contributed by atoms with Gasteiger partial charge in [-0.05, 0) is 41.8 Å². The molecule has 158 valence electrons. The van der Waals surface area contributed by atoms with Crippen LogP contribution in [0.15, 0.2) is 58.3 Å². The maximum atomic E-state index is 8.78. The van der Waals surface area contributed by atoms with Gasteiger partial charge in [-0.15, -0.1) is 0 Å². The summed E-state index contributed by atoms with van der Waals surface area (Å²) in [6.45, 7) is 10.1. The van der Waals surface area contributed by atoms with Crippen molar-refractivity contribution in [2.24, 2.45) is 21.5 Å². The first kappa shape index (κ1) is 23.1. The third-order valence-electron chi connectivity index (χ3n) is 4.81. The van der Waals surface area contributed by atoms with Gasteiger partial charge in [0.2, 0.25) is 6.19 Å². The van der Waals surface area contributed by atoms with Crippen LogP contribution in [0, 0.1) is 11.5 Å². The van der Waals surface area contributed by atoms with Gasteiger partial charge in [0.25, 0.3) is 0 Å². The molecule has 0 amide bonds. The molecule has 1 fully saturated rings. The van der Waals surface area contributed by atoms with E-state index in [9.17, 15) is 0 Å². The van der Waals surface area contributed by atoms with Crippen molar-refractivity contribution in [3.05, 3.63) is 65.0 Å². The fraction of sp³-hybridized carbons (Fsp3) is 0.348. The average molecular weight is 406 g/mol. The van der Waals surface area contributed by atoms with Crippen LogP contribution in [-0.4, -0.2) is 36.7 Å². The first-order valence-corrected chi connectivity index (χ1v) is 10.1. The smallest absolute Gasteiger partial charge is 0.207 e. The Hall–Kier alpha value is -3.21. The fourth-order valence-corrected chi connectivity index (χ4v) is 3.39. The summed E-state index contributed by atoms with van der Waals surface area (Å²) in [6.07, 6.45) is 10.5. The van der Waals surface area contributed by atoms with Crippen molar-refractivity contribution in [2.75, 3.05) is 19.8 Å². The number of nitrogens with zero attached hydrogens (tertiary/aromatic N) is 4. The molecule has 30 heavy (non-hydrogen) atoms. The van der Waals surface area contributed by atoms with Crippen LogP contribution >= 0.6 is 0 Å². The molecule has 0 spiro atoms. The number of benzene rings is 1. The molecule has 0 aliphatic carbocycles. The number of aliphatic imine (C=N–C) groups is 2. The molecule has 1 aliphatic rings. The Bertz CT molecular complexity index is 899. The average Bonchev–Trinajstić information content (AvgIpc) is 3.19. The molecule has 0 aromatic heterocycles. The molecule has 0 radical (unpaired) electrons. The molecule has 1 atom stereocenters. The van der Waals surface area contributed by atoms with E-state index in [-0.39, 0.29) is 11.9 Å². The Labute approximate surface area is 179 Å². The largest absolute Gasteiger partial charge is 0.404 e. The van der Waals surface area contributed by atoms with E-state index >= 15 is 0 Å². The molecule has 0 bridgehead atoms. The van der Waals surface area contributed by atoms with Gasteiger partial charge in [-0.25, -0.2) is 4.99 Å². The second-order valence-corrected chi connectivity index (χ2v) is 7.30. The number of amidine groups is 1. The quantitative estimate of drug-likeness (QED) is 0.349. The Morgan fingerprint density at radius 2 is 2.27 bits per heavy atom. The van der Waals surface area contributed by atoms with E-state index < -0.39 is 0 Å². The summed E-state index contributed by atoms with van der Waals surface area (Å²) in [5.41, 5.74) is 16.6. The van der Waals surface area contributed by atoms with Gasteiger partial charge in [-0.3, -0.25) is 10.2 Å². The second-order valence-electron chi connectivity index (χ2n) is 7.30. The SMILES string of the molecule is C=Cc1ccc(C2CN(CC(C=NC(/C=C(\C)N)=NC#N)=CN)CN2)cc1CCC.